The smallest absolute Gasteiger partial charge is 0.293 e. The zero-order valence-corrected chi connectivity index (χ0v) is 12.1. The Morgan fingerprint density at radius 3 is 2.85 bits per heavy atom. The van der Waals surface area contributed by atoms with E-state index in [0.717, 1.165) is 0 Å². The second-order valence-corrected chi connectivity index (χ2v) is 5.82. The topological polar surface area (TPSA) is 76.4 Å². The molecule has 1 aliphatic rings. The highest BCUT2D eigenvalue weighted by Gasteiger charge is 2.29. The van der Waals surface area contributed by atoms with Crippen LogP contribution >= 0.6 is 0 Å². The van der Waals surface area contributed by atoms with Crippen molar-refractivity contribution in [2.75, 3.05) is 25.1 Å². The van der Waals surface area contributed by atoms with E-state index in [1.807, 2.05) is 0 Å². The zero-order valence-electron chi connectivity index (χ0n) is 12.1. The minimum absolute atomic E-state index is 0.142. The van der Waals surface area contributed by atoms with Gasteiger partial charge in [-0.2, -0.15) is 0 Å². The molecule has 1 saturated heterocycles. The van der Waals surface area contributed by atoms with Gasteiger partial charge in [0.1, 0.15) is 0 Å². The van der Waals surface area contributed by atoms with Crippen LogP contribution in [-0.2, 0) is 11.3 Å². The predicted molar refractivity (Wildman–Crippen MR) is 76.8 cm³/mol. The fraction of sp³-hybridized carbons (Fsp3) is 0.714. The molecule has 0 amide bonds. The van der Waals surface area contributed by atoms with Crippen molar-refractivity contribution in [3.05, 3.63) is 22.7 Å². The van der Waals surface area contributed by atoms with Crippen molar-refractivity contribution in [1.82, 2.24) is 9.55 Å². The first-order valence-electron chi connectivity index (χ1n) is 7.10. The molecule has 0 radical (unpaired) electrons. The lowest BCUT2D eigenvalue weighted by molar-refractivity contribution is -0.0544. The molecule has 0 aliphatic carbocycles. The van der Waals surface area contributed by atoms with Crippen molar-refractivity contribution in [2.45, 2.75) is 38.8 Å². The number of nitrogens with zero attached hydrogens (tertiary/aromatic N) is 2. The van der Waals surface area contributed by atoms with Crippen molar-refractivity contribution < 1.29 is 9.84 Å². The Labute approximate surface area is 118 Å². The zero-order chi connectivity index (χ0) is 14.6. The third kappa shape index (κ3) is 3.80. The molecule has 1 aromatic rings. The maximum atomic E-state index is 12.2. The van der Waals surface area contributed by atoms with Crippen LogP contribution in [0.4, 0.5) is 5.82 Å². The molecule has 6 nitrogen and oxygen atoms in total. The molecular formula is C14H23N3O3. The van der Waals surface area contributed by atoms with Crippen LogP contribution in [0.5, 0.6) is 0 Å². The van der Waals surface area contributed by atoms with Crippen LogP contribution in [0, 0.1) is 5.92 Å². The van der Waals surface area contributed by atoms with Gasteiger partial charge in [0, 0.05) is 51.5 Å². The molecule has 20 heavy (non-hydrogen) atoms. The van der Waals surface area contributed by atoms with Gasteiger partial charge >= 0.3 is 0 Å². The molecular weight excluding hydrogens is 258 g/mol. The summed E-state index contributed by atoms with van der Waals surface area (Å²) < 4.78 is 6.88. The molecule has 1 fully saturated rings. The summed E-state index contributed by atoms with van der Waals surface area (Å²) in [5, 5.41) is 13.3. The van der Waals surface area contributed by atoms with E-state index in [-0.39, 0.29) is 5.56 Å². The molecule has 2 N–H and O–H groups in total. The summed E-state index contributed by atoms with van der Waals surface area (Å²) in [5.74, 6) is 0.690. The summed E-state index contributed by atoms with van der Waals surface area (Å²) in [6, 6.07) is 0. The van der Waals surface area contributed by atoms with Crippen LogP contribution in [0.3, 0.4) is 0 Å². The third-order valence-electron chi connectivity index (χ3n) is 3.48. The summed E-state index contributed by atoms with van der Waals surface area (Å²) in [6.45, 7) is 6.21. The van der Waals surface area contributed by atoms with Gasteiger partial charge in [0.15, 0.2) is 5.82 Å². The van der Waals surface area contributed by atoms with Gasteiger partial charge in [0.25, 0.3) is 5.56 Å². The monoisotopic (exact) mass is 281 g/mol. The summed E-state index contributed by atoms with van der Waals surface area (Å²) in [5.41, 5.74) is -0.956. The quantitative estimate of drug-likeness (QED) is 0.837. The summed E-state index contributed by atoms with van der Waals surface area (Å²) in [4.78, 5) is 16.3. The Balaban J connectivity index is 2.04. The van der Waals surface area contributed by atoms with E-state index >= 15 is 0 Å². The minimum atomic E-state index is -0.814. The van der Waals surface area contributed by atoms with Crippen molar-refractivity contribution in [3.8, 4) is 0 Å². The molecule has 1 aromatic heterocycles. The fourth-order valence-electron chi connectivity index (χ4n) is 2.28. The van der Waals surface area contributed by atoms with Gasteiger partial charge in [-0.1, -0.05) is 13.8 Å². The van der Waals surface area contributed by atoms with Crippen LogP contribution in [0.1, 0.15) is 26.7 Å². The summed E-state index contributed by atoms with van der Waals surface area (Å²) >= 11 is 0. The number of ether oxygens (including phenoxy) is 1. The highest BCUT2D eigenvalue weighted by atomic mass is 16.5. The number of hydrogen-bond acceptors (Lipinski definition) is 5. The highest BCUT2D eigenvalue weighted by molar-refractivity contribution is 5.31. The lowest BCUT2D eigenvalue weighted by Gasteiger charge is -2.32. The first kappa shape index (κ1) is 15.0. The minimum Gasteiger partial charge on any atom is -0.388 e. The average molecular weight is 281 g/mol. The van der Waals surface area contributed by atoms with Gasteiger partial charge in [-0.05, 0) is 5.92 Å². The summed E-state index contributed by atoms with van der Waals surface area (Å²) in [6.07, 6.45) is 4.46. The third-order valence-corrected chi connectivity index (χ3v) is 3.48. The van der Waals surface area contributed by atoms with Crippen LogP contribution < -0.4 is 10.9 Å². The second kappa shape index (κ2) is 6.37. The van der Waals surface area contributed by atoms with E-state index in [0.29, 0.717) is 50.9 Å². The SMILES string of the molecule is CC(C)Cn1ccnc(NCC2(O)CCOCC2)c1=O. The molecule has 0 unspecified atom stereocenters. The molecule has 0 aromatic carbocycles. The predicted octanol–water partition coefficient (Wildman–Crippen LogP) is 0.853. The Kier molecular flexibility index (Phi) is 4.77. The van der Waals surface area contributed by atoms with Crippen molar-refractivity contribution >= 4 is 5.82 Å². The van der Waals surface area contributed by atoms with Crippen LogP contribution in [0.15, 0.2) is 17.2 Å². The van der Waals surface area contributed by atoms with Gasteiger partial charge in [-0.25, -0.2) is 4.98 Å². The molecule has 2 rings (SSSR count). The molecule has 112 valence electrons. The number of anilines is 1. The fourth-order valence-corrected chi connectivity index (χ4v) is 2.28. The largest absolute Gasteiger partial charge is 0.388 e. The first-order valence-corrected chi connectivity index (χ1v) is 7.10. The Morgan fingerprint density at radius 1 is 1.50 bits per heavy atom. The summed E-state index contributed by atoms with van der Waals surface area (Å²) in [7, 11) is 0. The van der Waals surface area contributed by atoms with Gasteiger partial charge in [0.2, 0.25) is 0 Å². The van der Waals surface area contributed by atoms with E-state index in [9.17, 15) is 9.90 Å². The van der Waals surface area contributed by atoms with Gasteiger partial charge in [-0.15, -0.1) is 0 Å². The van der Waals surface area contributed by atoms with Crippen LogP contribution in [0.2, 0.25) is 0 Å². The van der Waals surface area contributed by atoms with Crippen LogP contribution in [-0.4, -0.2) is 40.0 Å². The van der Waals surface area contributed by atoms with E-state index in [2.05, 4.69) is 24.1 Å². The Bertz CT molecular complexity index is 493. The van der Waals surface area contributed by atoms with E-state index < -0.39 is 5.60 Å². The van der Waals surface area contributed by atoms with Crippen LogP contribution in [0.25, 0.3) is 0 Å². The molecule has 0 saturated carbocycles. The highest BCUT2D eigenvalue weighted by Crippen LogP contribution is 2.20. The Morgan fingerprint density at radius 2 is 2.20 bits per heavy atom. The lowest BCUT2D eigenvalue weighted by Crippen LogP contribution is -2.43. The lowest BCUT2D eigenvalue weighted by atomic mass is 9.94. The number of rotatable bonds is 5. The Hall–Kier alpha value is -1.40. The molecule has 0 atom stereocenters. The van der Waals surface area contributed by atoms with Crippen molar-refractivity contribution in [2.24, 2.45) is 5.92 Å². The van der Waals surface area contributed by atoms with E-state index in [1.54, 1.807) is 17.0 Å². The van der Waals surface area contributed by atoms with Gasteiger partial charge < -0.3 is 19.7 Å². The number of hydrogen-bond donors (Lipinski definition) is 2. The number of aromatic nitrogens is 2. The van der Waals surface area contributed by atoms with E-state index in [1.165, 1.54) is 0 Å². The second-order valence-electron chi connectivity index (χ2n) is 5.82. The molecule has 6 heteroatoms. The van der Waals surface area contributed by atoms with Gasteiger partial charge in [-0.3, -0.25) is 4.79 Å². The normalized spacial score (nSPS) is 18.2. The molecule has 2 heterocycles. The molecule has 1 aliphatic heterocycles. The average Bonchev–Trinajstić information content (AvgIpc) is 2.40. The van der Waals surface area contributed by atoms with Crippen molar-refractivity contribution in [3.63, 3.8) is 0 Å². The maximum absolute atomic E-state index is 12.2. The molecule has 0 spiro atoms. The number of nitrogens with one attached hydrogen (secondary N) is 1. The standard InChI is InChI=1S/C14H23N3O3/c1-11(2)9-17-6-5-15-12(13(17)18)16-10-14(19)3-7-20-8-4-14/h5-6,11,19H,3-4,7-10H2,1-2H3,(H,15,16). The van der Waals surface area contributed by atoms with E-state index in [4.69, 9.17) is 4.74 Å². The first-order chi connectivity index (χ1) is 9.50. The van der Waals surface area contributed by atoms with Gasteiger partial charge in [0.05, 0.1) is 5.60 Å². The molecule has 0 bridgehead atoms. The maximum Gasteiger partial charge on any atom is 0.293 e. The van der Waals surface area contributed by atoms with Crippen molar-refractivity contribution in [1.29, 1.82) is 0 Å². The number of aliphatic hydroxyl groups is 1.